The van der Waals surface area contributed by atoms with Crippen LogP contribution in [0.2, 0.25) is 5.15 Å². The molecule has 0 fully saturated rings. The summed E-state index contributed by atoms with van der Waals surface area (Å²) in [7, 11) is 2.40. The van der Waals surface area contributed by atoms with E-state index in [9.17, 15) is 14.4 Å². The number of thiophene rings is 1. The Morgan fingerprint density at radius 2 is 1.83 bits per heavy atom. The molecule has 0 aliphatic carbocycles. The van der Waals surface area contributed by atoms with Crippen LogP contribution < -0.4 is 0 Å². The molecule has 0 spiro atoms. The zero-order valence-corrected chi connectivity index (χ0v) is 14.7. The summed E-state index contributed by atoms with van der Waals surface area (Å²) >= 11 is 7.47. The Morgan fingerprint density at radius 1 is 1.17 bits per heavy atom. The lowest BCUT2D eigenvalue weighted by Crippen LogP contribution is -2.28. The third-order valence-electron chi connectivity index (χ3n) is 3.52. The molecule has 0 aromatic carbocycles. The van der Waals surface area contributed by atoms with Gasteiger partial charge in [-0.1, -0.05) is 17.7 Å². The molecule has 0 atom stereocenters. The molecule has 128 valence electrons. The quantitative estimate of drug-likeness (QED) is 0.426. The Kier molecular flexibility index (Phi) is 6.16. The molecule has 8 heteroatoms. The van der Waals surface area contributed by atoms with Crippen molar-refractivity contribution >= 4 is 40.7 Å². The Bertz CT molecular complexity index is 722. The summed E-state index contributed by atoms with van der Waals surface area (Å²) in [5, 5.41) is 2.16. The van der Waals surface area contributed by atoms with Gasteiger partial charge in [-0.05, 0) is 30.0 Å². The van der Waals surface area contributed by atoms with E-state index in [-0.39, 0.29) is 18.7 Å². The van der Waals surface area contributed by atoms with Crippen molar-refractivity contribution < 1.29 is 23.9 Å². The minimum atomic E-state index is -1.07. The maximum atomic E-state index is 12.5. The molecule has 0 saturated heterocycles. The van der Waals surface area contributed by atoms with Gasteiger partial charge in [0.05, 0.1) is 24.8 Å². The number of ether oxygens (including phenoxy) is 2. The molecular formula is C16H16ClNO5S. The first-order valence-corrected chi connectivity index (χ1v) is 8.34. The second kappa shape index (κ2) is 8.12. The molecule has 2 heterocycles. The second-order valence-corrected chi connectivity index (χ2v) is 6.22. The van der Waals surface area contributed by atoms with Crippen molar-refractivity contribution in [2.45, 2.75) is 13.0 Å². The van der Waals surface area contributed by atoms with Gasteiger partial charge in [0.15, 0.2) is 5.92 Å². The predicted octanol–water partition coefficient (Wildman–Crippen LogP) is 2.79. The number of rotatable bonds is 7. The smallest absolute Gasteiger partial charge is 0.320 e. The van der Waals surface area contributed by atoms with Crippen LogP contribution in [0.4, 0.5) is 0 Å². The fraction of sp³-hybridized carbons (Fsp3) is 0.312. The number of nitrogens with zero attached hydrogens (tertiary/aromatic N) is 1. The summed E-state index contributed by atoms with van der Waals surface area (Å²) in [6.07, 6.45) is 0.110. The highest BCUT2D eigenvalue weighted by Gasteiger charge is 2.29. The van der Waals surface area contributed by atoms with Gasteiger partial charge in [0.1, 0.15) is 5.15 Å². The largest absolute Gasteiger partial charge is 0.468 e. The molecule has 0 N–H and O–H groups in total. The number of ketones is 1. The molecule has 2 aromatic rings. The van der Waals surface area contributed by atoms with Gasteiger partial charge in [0.2, 0.25) is 5.78 Å². The summed E-state index contributed by atoms with van der Waals surface area (Å²) in [4.78, 5) is 36.6. The fourth-order valence-electron chi connectivity index (χ4n) is 2.28. The van der Waals surface area contributed by atoms with Crippen molar-refractivity contribution in [3.8, 4) is 0 Å². The Labute approximate surface area is 147 Å². The highest BCUT2D eigenvalue weighted by Crippen LogP contribution is 2.22. The van der Waals surface area contributed by atoms with Gasteiger partial charge in [-0.2, -0.15) is 0 Å². The van der Waals surface area contributed by atoms with Crippen LogP contribution >= 0.6 is 22.9 Å². The van der Waals surface area contributed by atoms with Crippen LogP contribution in [0.5, 0.6) is 0 Å². The van der Waals surface area contributed by atoms with Crippen molar-refractivity contribution in [1.29, 1.82) is 0 Å². The summed E-state index contributed by atoms with van der Waals surface area (Å²) in [6, 6.07) is 6.74. The molecule has 6 nitrogen and oxygen atoms in total. The van der Waals surface area contributed by atoms with Crippen molar-refractivity contribution in [2.75, 3.05) is 14.2 Å². The zero-order valence-electron chi connectivity index (χ0n) is 13.2. The van der Waals surface area contributed by atoms with Crippen LogP contribution in [0.1, 0.15) is 21.8 Å². The van der Waals surface area contributed by atoms with Crippen LogP contribution in [-0.4, -0.2) is 36.5 Å². The molecule has 0 unspecified atom stereocenters. The van der Waals surface area contributed by atoms with Gasteiger partial charge in [0, 0.05) is 6.54 Å². The molecule has 24 heavy (non-hydrogen) atoms. The minimum Gasteiger partial charge on any atom is -0.468 e. The standard InChI is InChI=1S/C16H16ClNO5S/c1-22-15(20)10(16(21)23-2)7-8-18-11(5-6-13(18)17)14(19)12-4-3-9-24-12/h3-6,9-10H,7-8H2,1-2H3. The summed E-state index contributed by atoms with van der Waals surface area (Å²) in [5.74, 6) is -2.60. The number of esters is 2. The highest BCUT2D eigenvalue weighted by atomic mass is 35.5. The van der Waals surface area contributed by atoms with Crippen LogP contribution in [0, 0.1) is 5.92 Å². The van der Waals surface area contributed by atoms with Gasteiger partial charge in [-0.3, -0.25) is 14.4 Å². The van der Waals surface area contributed by atoms with E-state index < -0.39 is 17.9 Å². The number of carbonyl (C=O) groups excluding carboxylic acids is 3. The maximum absolute atomic E-state index is 12.5. The Hall–Kier alpha value is -2.12. The molecule has 0 saturated carbocycles. The van der Waals surface area contributed by atoms with E-state index in [4.69, 9.17) is 11.6 Å². The monoisotopic (exact) mass is 369 g/mol. The van der Waals surface area contributed by atoms with Crippen molar-refractivity contribution in [1.82, 2.24) is 4.57 Å². The molecular weight excluding hydrogens is 354 g/mol. The molecule has 0 radical (unpaired) electrons. The van der Waals surface area contributed by atoms with Crippen LogP contribution in [-0.2, 0) is 25.6 Å². The van der Waals surface area contributed by atoms with Gasteiger partial charge >= 0.3 is 11.9 Å². The Morgan fingerprint density at radius 3 is 2.38 bits per heavy atom. The summed E-state index contributed by atoms with van der Waals surface area (Å²) < 4.78 is 10.8. The van der Waals surface area contributed by atoms with E-state index in [2.05, 4.69) is 9.47 Å². The van der Waals surface area contributed by atoms with Crippen molar-refractivity contribution in [3.63, 3.8) is 0 Å². The Balaban J connectivity index is 2.20. The van der Waals surface area contributed by atoms with Gasteiger partial charge in [-0.25, -0.2) is 0 Å². The van der Waals surface area contributed by atoms with E-state index in [0.29, 0.717) is 15.7 Å². The zero-order chi connectivity index (χ0) is 17.7. The van der Waals surface area contributed by atoms with Crippen LogP contribution in [0.25, 0.3) is 0 Å². The van der Waals surface area contributed by atoms with E-state index >= 15 is 0 Å². The van der Waals surface area contributed by atoms with Gasteiger partial charge in [-0.15, -0.1) is 11.3 Å². The summed E-state index contributed by atoms with van der Waals surface area (Å²) in [6.45, 7) is 0.202. The molecule has 2 rings (SSSR count). The number of methoxy groups -OCH3 is 2. The van der Waals surface area contributed by atoms with E-state index in [0.717, 1.165) is 0 Å². The lowest BCUT2D eigenvalue weighted by molar-refractivity contribution is -0.159. The first-order valence-electron chi connectivity index (χ1n) is 7.08. The normalized spacial score (nSPS) is 10.7. The van der Waals surface area contributed by atoms with E-state index in [1.807, 2.05) is 5.38 Å². The van der Waals surface area contributed by atoms with Crippen molar-refractivity contribution in [2.24, 2.45) is 5.92 Å². The highest BCUT2D eigenvalue weighted by molar-refractivity contribution is 7.12. The number of halogens is 1. The molecule has 0 aliphatic rings. The molecule has 0 aliphatic heterocycles. The lowest BCUT2D eigenvalue weighted by Gasteiger charge is -2.14. The maximum Gasteiger partial charge on any atom is 0.320 e. The molecule has 0 bridgehead atoms. The predicted molar refractivity (Wildman–Crippen MR) is 89.3 cm³/mol. The topological polar surface area (TPSA) is 74.6 Å². The fourth-order valence-corrected chi connectivity index (χ4v) is 3.19. The van der Waals surface area contributed by atoms with Crippen molar-refractivity contribution in [3.05, 3.63) is 45.4 Å². The third-order valence-corrected chi connectivity index (χ3v) is 4.72. The van der Waals surface area contributed by atoms with Gasteiger partial charge < -0.3 is 14.0 Å². The molecule has 2 aromatic heterocycles. The number of hydrogen-bond donors (Lipinski definition) is 0. The second-order valence-electron chi connectivity index (χ2n) is 4.89. The third kappa shape index (κ3) is 3.85. The first kappa shape index (κ1) is 18.2. The number of aromatic nitrogens is 1. The number of carbonyl (C=O) groups is 3. The minimum absolute atomic E-state index is 0.110. The summed E-state index contributed by atoms with van der Waals surface area (Å²) in [5.41, 5.74) is 0.399. The lowest BCUT2D eigenvalue weighted by atomic mass is 10.1. The number of hydrogen-bond acceptors (Lipinski definition) is 6. The molecule has 0 amide bonds. The average Bonchev–Trinajstić information content (AvgIpc) is 3.24. The first-order chi connectivity index (χ1) is 11.5. The SMILES string of the molecule is COC(=O)C(CCn1c(Cl)ccc1C(=O)c1cccs1)C(=O)OC. The van der Waals surface area contributed by atoms with Crippen LogP contribution in [0.3, 0.4) is 0 Å². The van der Waals surface area contributed by atoms with Crippen LogP contribution in [0.15, 0.2) is 29.6 Å². The average molecular weight is 370 g/mol. The van der Waals surface area contributed by atoms with Gasteiger partial charge in [0.25, 0.3) is 0 Å². The van der Waals surface area contributed by atoms with E-state index in [1.54, 1.807) is 28.8 Å². The van der Waals surface area contributed by atoms with E-state index in [1.165, 1.54) is 25.6 Å².